The van der Waals surface area contributed by atoms with Crippen LogP contribution in [0.4, 0.5) is 5.69 Å². The lowest BCUT2D eigenvalue weighted by molar-refractivity contribution is -0.254. The first-order valence-electron chi connectivity index (χ1n) is 11.0. The van der Waals surface area contributed by atoms with E-state index < -0.39 is 5.97 Å². The molecular weight excluding hydrogens is 500 g/mol. The number of hydrogen-bond donors (Lipinski definition) is 1. The normalized spacial score (nSPS) is 10.4. The Bertz CT molecular complexity index is 1490. The number of benzene rings is 3. The largest absolute Gasteiger partial charge is 1.00 e. The molecular formula is C27H27ClN2O7. The van der Waals surface area contributed by atoms with Gasteiger partial charge in [0.2, 0.25) is 5.75 Å². The van der Waals surface area contributed by atoms with Crippen LogP contribution in [0.15, 0.2) is 59.4 Å². The van der Waals surface area contributed by atoms with E-state index in [-0.39, 0.29) is 23.7 Å². The Labute approximate surface area is 219 Å². The first-order valence-corrected chi connectivity index (χ1v) is 11.0. The van der Waals surface area contributed by atoms with Gasteiger partial charge in [0, 0.05) is 34.2 Å². The molecule has 9 nitrogen and oxygen atoms in total. The molecule has 3 N–H and O–H groups in total. The van der Waals surface area contributed by atoms with E-state index in [1.54, 1.807) is 54.6 Å². The van der Waals surface area contributed by atoms with E-state index in [9.17, 15) is 9.59 Å². The molecule has 0 atom stereocenters. The maximum atomic E-state index is 13.8. The van der Waals surface area contributed by atoms with Crippen LogP contribution >= 0.6 is 0 Å². The van der Waals surface area contributed by atoms with Crippen molar-refractivity contribution in [2.75, 3.05) is 35.5 Å². The number of esters is 1. The van der Waals surface area contributed by atoms with E-state index in [2.05, 4.69) is 5.73 Å². The zero-order valence-corrected chi connectivity index (χ0v) is 21.8. The van der Waals surface area contributed by atoms with Gasteiger partial charge in [-0.3, -0.25) is 9.36 Å². The van der Waals surface area contributed by atoms with Crippen LogP contribution in [0, 0.1) is 0 Å². The van der Waals surface area contributed by atoms with Crippen molar-refractivity contribution >= 4 is 22.4 Å². The highest BCUT2D eigenvalue weighted by molar-refractivity contribution is 6.08. The minimum Gasteiger partial charge on any atom is -1.00 e. The van der Waals surface area contributed by atoms with Gasteiger partial charge in [-0.15, -0.1) is 0 Å². The molecule has 4 aromatic rings. The molecule has 1 heterocycles. The van der Waals surface area contributed by atoms with Crippen LogP contribution in [0.25, 0.3) is 27.6 Å². The summed E-state index contributed by atoms with van der Waals surface area (Å²) in [5.74, 6) is 0.991. The second-order valence-corrected chi connectivity index (χ2v) is 7.85. The summed E-state index contributed by atoms with van der Waals surface area (Å²) >= 11 is 0. The van der Waals surface area contributed by atoms with E-state index in [1.165, 1.54) is 40.1 Å². The lowest BCUT2D eigenvalue weighted by Gasteiger charge is -2.20. The van der Waals surface area contributed by atoms with Gasteiger partial charge in [0.25, 0.3) is 5.56 Å². The number of aromatic nitrogens is 1. The fourth-order valence-corrected chi connectivity index (χ4v) is 4.20. The predicted molar refractivity (Wildman–Crippen MR) is 135 cm³/mol. The Hall–Kier alpha value is -4.21. The van der Waals surface area contributed by atoms with E-state index in [4.69, 9.17) is 23.7 Å². The van der Waals surface area contributed by atoms with Gasteiger partial charge in [0.15, 0.2) is 11.5 Å². The van der Waals surface area contributed by atoms with Gasteiger partial charge in [-0.2, -0.15) is 0 Å². The number of rotatable bonds is 7. The molecule has 194 valence electrons. The number of pyridine rings is 1. The van der Waals surface area contributed by atoms with Gasteiger partial charge < -0.3 is 41.8 Å². The number of fused-ring (bicyclic) bond motifs is 1. The van der Waals surface area contributed by atoms with E-state index in [0.29, 0.717) is 50.6 Å². The molecule has 37 heavy (non-hydrogen) atoms. The Morgan fingerprint density at radius 2 is 1.41 bits per heavy atom. The third kappa shape index (κ3) is 4.78. The summed E-state index contributed by atoms with van der Waals surface area (Å²) in [6.45, 7) is 0. The second-order valence-electron chi connectivity index (χ2n) is 7.85. The first kappa shape index (κ1) is 27.4. The minimum atomic E-state index is -0.695. The van der Waals surface area contributed by atoms with Crippen molar-refractivity contribution in [3.63, 3.8) is 0 Å². The predicted octanol–water partition coefficient (Wildman–Crippen LogP) is 0.356. The van der Waals surface area contributed by atoms with Crippen molar-refractivity contribution in [3.8, 4) is 39.8 Å². The van der Waals surface area contributed by atoms with Gasteiger partial charge in [-0.1, -0.05) is 0 Å². The maximum absolute atomic E-state index is 13.8. The third-order valence-electron chi connectivity index (χ3n) is 5.92. The molecule has 0 saturated carbocycles. The van der Waals surface area contributed by atoms with Crippen LogP contribution in [0.5, 0.6) is 23.0 Å². The Kier molecular flexibility index (Phi) is 8.31. The highest BCUT2D eigenvalue weighted by Gasteiger charge is 2.27. The number of carbonyl (C=O) groups excluding carboxylic acids is 1. The highest BCUT2D eigenvalue weighted by atomic mass is 35.5. The average Bonchev–Trinajstić information content (AvgIpc) is 2.91. The number of nitrogens with zero attached hydrogens (tertiary/aromatic N) is 1. The first-order chi connectivity index (χ1) is 17.4. The smallest absolute Gasteiger partial charge is 0.355 e. The summed E-state index contributed by atoms with van der Waals surface area (Å²) in [7, 11) is 7.32. The molecule has 0 aliphatic heterocycles. The summed E-state index contributed by atoms with van der Waals surface area (Å²) in [4.78, 5) is 27.2. The number of methoxy groups -OCH3 is 5. The molecule has 0 aliphatic carbocycles. The second kappa shape index (κ2) is 11.2. The average molecular weight is 527 g/mol. The number of ether oxygens (including phenoxy) is 5. The Balaban J connectivity index is 0.00000380. The van der Waals surface area contributed by atoms with Gasteiger partial charge >= 0.3 is 5.97 Å². The maximum Gasteiger partial charge on any atom is 0.355 e. The zero-order valence-electron chi connectivity index (χ0n) is 21.1. The van der Waals surface area contributed by atoms with Gasteiger partial charge in [0.1, 0.15) is 17.1 Å². The van der Waals surface area contributed by atoms with Crippen molar-refractivity contribution in [2.24, 2.45) is 0 Å². The Morgan fingerprint density at radius 1 is 0.784 bits per heavy atom. The Morgan fingerprint density at radius 3 is 1.92 bits per heavy atom. The fraction of sp³-hybridized carbons (Fsp3) is 0.185. The van der Waals surface area contributed by atoms with Crippen LogP contribution in [-0.4, -0.2) is 46.1 Å². The molecule has 0 bridgehead atoms. The highest BCUT2D eigenvalue weighted by Crippen LogP contribution is 2.44. The number of carbonyl (C=O) groups is 1. The number of hydrogen-bond acceptors (Lipinski definition) is 7. The van der Waals surface area contributed by atoms with Crippen molar-refractivity contribution < 1.29 is 46.6 Å². The summed E-state index contributed by atoms with van der Waals surface area (Å²) < 4.78 is 28.5. The molecule has 0 saturated heterocycles. The number of halogens is 1. The fourth-order valence-electron chi connectivity index (χ4n) is 4.20. The molecule has 3 aromatic carbocycles. The monoisotopic (exact) mass is 526 g/mol. The molecule has 0 amide bonds. The summed E-state index contributed by atoms with van der Waals surface area (Å²) in [5.41, 5.74) is 5.79. The van der Waals surface area contributed by atoms with E-state index in [1.807, 2.05) is 0 Å². The van der Waals surface area contributed by atoms with Crippen LogP contribution in [-0.2, 0) is 4.74 Å². The molecule has 0 fully saturated rings. The molecule has 0 spiro atoms. The summed E-state index contributed by atoms with van der Waals surface area (Å²) in [5, 5.41) is 0.880. The van der Waals surface area contributed by atoms with Crippen molar-refractivity contribution in [2.45, 2.75) is 0 Å². The van der Waals surface area contributed by atoms with Gasteiger partial charge in [-0.05, 0) is 48.0 Å². The van der Waals surface area contributed by atoms with Gasteiger partial charge in [-0.25, -0.2) is 4.79 Å². The summed E-state index contributed by atoms with van der Waals surface area (Å²) in [6.07, 6.45) is 0. The molecule has 0 radical (unpaired) electrons. The third-order valence-corrected chi connectivity index (χ3v) is 5.92. The minimum absolute atomic E-state index is 0. The molecule has 0 unspecified atom stereocenters. The van der Waals surface area contributed by atoms with Crippen molar-refractivity contribution in [3.05, 3.63) is 70.6 Å². The molecule has 4 rings (SSSR count). The molecule has 1 aromatic heterocycles. The molecule has 0 aliphatic rings. The topological polar surface area (TPSA) is 113 Å². The van der Waals surface area contributed by atoms with Crippen LogP contribution in [0.3, 0.4) is 0 Å². The van der Waals surface area contributed by atoms with Crippen LogP contribution < -0.4 is 42.6 Å². The van der Waals surface area contributed by atoms with Gasteiger partial charge in [0.05, 0.1) is 35.5 Å². The lowest BCUT2D eigenvalue weighted by atomic mass is 9.95. The van der Waals surface area contributed by atoms with E-state index >= 15 is 0 Å². The molecule has 10 heteroatoms. The zero-order chi connectivity index (χ0) is 26.0. The van der Waals surface area contributed by atoms with E-state index in [0.717, 1.165) is 5.69 Å². The lowest BCUT2D eigenvalue weighted by Crippen LogP contribution is -3.00. The van der Waals surface area contributed by atoms with Crippen LogP contribution in [0.2, 0.25) is 0 Å². The quantitative estimate of drug-likeness (QED) is 0.346. The van der Waals surface area contributed by atoms with Crippen LogP contribution in [0.1, 0.15) is 10.5 Å². The number of quaternary nitrogens is 1. The SMILES string of the molecule is COC(=O)c1c(-c2cc(OC)c(OC)c(OC)c2)c2cc(OC)ccc2c(=O)n1-c1ccc([NH3+])cc1.[Cl-]. The van der Waals surface area contributed by atoms with Crippen molar-refractivity contribution in [1.82, 2.24) is 4.57 Å². The summed E-state index contributed by atoms with van der Waals surface area (Å²) in [6, 6.07) is 15.5. The van der Waals surface area contributed by atoms with Crippen molar-refractivity contribution in [1.29, 1.82) is 0 Å². The standard InChI is InChI=1S/C27H26N2O7.ClH/c1-32-18-10-11-19-20(14-18)23(15-12-21(33-2)25(35-4)22(13-15)34-3)24(27(31)36-5)29(26(19)30)17-8-6-16(28)7-9-17;/h6-14H,28H2,1-5H3;1H.